The standard InChI is InChI=1S/C18H22N4S/c1-14-18(23-13-20-14)12-21(2)10-16-7-8-22(11-16)17-5-3-15(9-19)4-6-17/h3-6,13,16H,7-8,10-12H2,1-2H3/t16-/m1/s1. The van der Waals surface area contributed by atoms with Gasteiger partial charge in [-0.2, -0.15) is 5.26 Å². The number of nitrogens with zero attached hydrogens (tertiary/aromatic N) is 4. The third-order valence-corrected chi connectivity index (χ3v) is 5.40. The van der Waals surface area contributed by atoms with Crippen molar-refractivity contribution in [2.45, 2.75) is 19.9 Å². The fourth-order valence-corrected chi connectivity index (χ4v) is 4.05. The minimum absolute atomic E-state index is 0.698. The number of benzene rings is 1. The topological polar surface area (TPSA) is 43.2 Å². The van der Waals surface area contributed by atoms with Gasteiger partial charge in [0.2, 0.25) is 0 Å². The summed E-state index contributed by atoms with van der Waals surface area (Å²) in [6, 6.07) is 10.1. The van der Waals surface area contributed by atoms with Crippen LogP contribution in [0, 0.1) is 24.2 Å². The minimum Gasteiger partial charge on any atom is -0.371 e. The van der Waals surface area contributed by atoms with Crippen molar-refractivity contribution in [2.75, 3.05) is 31.6 Å². The first-order valence-corrected chi connectivity index (χ1v) is 8.86. The second-order valence-corrected chi connectivity index (χ2v) is 7.26. The van der Waals surface area contributed by atoms with Crippen LogP contribution in [0.5, 0.6) is 0 Å². The van der Waals surface area contributed by atoms with Crippen molar-refractivity contribution >= 4 is 17.0 Å². The van der Waals surface area contributed by atoms with Crippen molar-refractivity contribution in [3.05, 3.63) is 45.9 Å². The summed E-state index contributed by atoms with van der Waals surface area (Å²) >= 11 is 1.75. The van der Waals surface area contributed by atoms with E-state index in [0.717, 1.165) is 37.4 Å². The van der Waals surface area contributed by atoms with Crippen molar-refractivity contribution in [3.63, 3.8) is 0 Å². The molecule has 4 nitrogen and oxygen atoms in total. The summed E-state index contributed by atoms with van der Waals surface area (Å²) in [5, 5.41) is 8.89. The Balaban J connectivity index is 1.53. The fourth-order valence-electron chi connectivity index (χ4n) is 3.19. The van der Waals surface area contributed by atoms with E-state index in [9.17, 15) is 0 Å². The molecular formula is C18H22N4S. The van der Waals surface area contributed by atoms with Crippen LogP contribution < -0.4 is 4.90 Å². The molecule has 3 rings (SSSR count). The third-order valence-electron chi connectivity index (χ3n) is 4.48. The molecule has 0 bridgehead atoms. The number of hydrogen-bond acceptors (Lipinski definition) is 5. The minimum atomic E-state index is 0.698. The SMILES string of the molecule is Cc1ncsc1CN(C)C[C@H]1CCN(c2ccc(C#N)cc2)C1. The molecule has 23 heavy (non-hydrogen) atoms. The summed E-state index contributed by atoms with van der Waals surface area (Å²) in [7, 11) is 2.20. The van der Waals surface area contributed by atoms with Gasteiger partial charge in [0.1, 0.15) is 0 Å². The Kier molecular flexibility index (Phi) is 4.94. The normalized spacial score (nSPS) is 17.7. The van der Waals surface area contributed by atoms with Gasteiger partial charge in [0.15, 0.2) is 0 Å². The first-order valence-electron chi connectivity index (χ1n) is 7.98. The lowest BCUT2D eigenvalue weighted by atomic mass is 10.1. The lowest BCUT2D eigenvalue weighted by Crippen LogP contribution is -2.28. The smallest absolute Gasteiger partial charge is 0.0991 e. The van der Waals surface area contributed by atoms with Crippen LogP contribution in [-0.4, -0.2) is 36.6 Å². The quantitative estimate of drug-likeness (QED) is 0.846. The molecule has 0 unspecified atom stereocenters. The Labute approximate surface area is 142 Å². The lowest BCUT2D eigenvalue weighted by Gasteiger charge is -2.22. The number of hydrogen-bond donors (Lipinski definition) is 0. The molecule has 1 saturated heterocycles. The van der Waals surface area contributed by atoms with Gasteiger partial charge in [-0.25, -0.2) is 4.98 Å². The summed E-state index contributed by atoms with van der Waals surface area (Å²) in [6.45, 7) is 6.39. The predicted molar refractivity (Wildman–Crippen MR) is 94.7 cm³/mol. The van der Waals surface area contributed by atoms with Gasteiger partial charge in [-0.15, -0.1) is 11.3 Å². The first-order chi connectivity index (χ1) is 11.2. The molecule has 1 aliphatic heterocycles. The molecular weight excluding hydrogens is 304 g/mol. The number of anilines is 1. The average molecular weight is 326 g/mol. The van der Waals surface area contributed by atoms with Crippen LogP contribution >= 0.6 is 11.3 Å². The van der Waals surface area contributed by atoms with E-state index >= 15 is 0 Å². The van der Waals surface area contributed by atoms with Crippen molar-refractivity contribution in [1.29, 1.82) is 5.26 Å². The molecule has 1 atom stereocenters. The number of aromatic nitrogens is 1. The number of nitriles is 1. The molecule has 1 aromatic carbocycles. The van der Waals surface area contributed by atoms with Gasteiger partial charge in [0.05, 0.1) is 22.8 Å². The van der Waals surface area contributed by atoms with E-state index in [1.807, 2.05) is 17.6 Å². The highest BCUT2D eigenvalue weighted by atomic mass is 32.1. The Morgan fingerprint density at radius 1 is 1.39 bits per heavy atom. The highest BCUT2D eigenvalue weighted by Gasteiger charge is 2.24. The summed E-state index contributed by atoms with van der Waals surface area (Å²) < 4.78 is 0. The van der Waals surface area contributed by atoms with Crippen LogP contribution in [0.15, 0.2) is 29.8 Å². The predicted octanol–water partition coefficient (Wildman–Crippen LogP) is 3.28. The second kappa shape index (κ2) is 7.12. The Bertz CT molecular complexity index is 686. The maximum Gasteiger partial charge on any atom is 0.0991 e. The van der Waals surface area contributed by atoms with E-state index < -0.39 is 0 Å². The monoisotopic (exact) mass is 326 g/mol. The molecule has 0 spiro atoms. The van der Waals surface area contributed by atoms with Gasteiger partial charge < -0.3 is 9.80 Å². The molecule has 0 amide bonds. The molecule has 2 aromatic rings. The highest BCUT2D eigenvalue weighted by molar-refractivity contribution is 7.09. The van der Waals surface area contributed by atoms with Gasteiger partial charge in [-0.3, -0.25) is 0 Å². The van der Waals surface area contributed by atoms with Gasteiger partial charge >= 0.3 is 0 Å². The lowest BCUT2D eigenvalue weighted by molar-refractivity contribution is 0.281. The Morgan fingerprint density at radius 2 is 2.17 bits per heavy atom. The zero-order valence-corrected chi connectivity index (χ0v) is 14.5. The van der Waals surface area contributed by atoms with E-state index in [4.69, 9.17) is 5.26 Å². The van der Waals surface area contributed by atoms with Gasteiger partial charge in [-0.1, -0.05) is 0 Å². The van der Waals surface area contributed by atoms with Crippen molar-refractivity contribution in [2.24, 2.45) is 5.92 Å². The van der Waals surface area contributed by atoms with Crippen LogP contribution in [0.4, 0.5) is 5.69 Å². The van der Waals surface area contributed by atoms with Crippen molar-refractivity contribution < 1.29 is 0 Å². The third kappa shape index (κ3) is 3.90. The van der Waals surface area contributed by atoms with Gasteiger partial charge in [0.25, 0.3) is 0 Å². The molecule has 5 heteroatoms. The van der Waals surface area contributed by atoms with Gasteiger partial charge in [0, 0.05) is 36.7 Å². The molecule has 0 aliphatic carbocycles. The molecule has 2 heterocycles. The van der Waals surface area contributed by atoms with E-state index in [1.54, 1.807) is 11.3 Å². The maximum atomic E-state index is 8.89. The highest BCUT2D eigenvalue weighted by Crippen LogP contribution is 2.25. The maximum absolute atomic E-state index is 8.89. The summed E-state index contributed by atoms with van der Waals surface area (Å²) in [5.74, 6) is 0.698. The number of aryl methyl sites for hydroxylation is 1. The van der Waals surface area contributed by atoms with Crippen LogP contribution in [0.2, 0.25) is 0 Å². The molecule has 120 valence electrons. The zero-order chi connectivity index (χ0) is 16.2. The van der Waals surface area contributed by atoms with E-state index in [0.29, 0.717) is 5.92 Å². The van der Waals surface area contributed by atoms with E-state index in [1.165, 1.54) is 17.0 Å². The zero-order valence-electron chi connectivity index (χ0n) is 13.7. The second-order valence-electron chi connectivity index (χ2n) is 6.32. The Hall–Kier alpha value is -1.90. The van der Waals surface area contributed by atoms with E-state index in [2.05, 4.69) is 47.0 Å². The van der Waals surface area contributed by atoms with Gasteiger partial charge in [-0.05, 0) is 50.6 Å². The molecule has 0 saturated carbocycles. The number of thiazole rings is 1. The summed E-state index contributed by atoms with van der Waals surface area (Å²) in [6.07, 6.45) is 1.23. The van der Waals surface area contributed by atoms with Crippen LogP contribution in [0.3, 0.4) is 0 Å². The van der Waals surface area contributed by atoms with E-state index in [-0.39, 0.29) is 0 Å². The molecule has 0 radical (unpaired) electrons. The molecule has 1 aromatic heterocycles. The van der Waals surface area contributed by atoms with Crippen LogP contribution in [0.1, 0.15) is 22.6 Å². The molecule has 1 fully saturated rings. The van der Waals surface area contributed by atoms with Crippen LogP contribution in [-0.2, 0) is 6.54 Å². The van der Waals surface area contributed by atoms with Crippen LogP contribution in [0.25, 0.3) is 0 Å². The van der Waals surface area contributed by atoms with Crippen molar-refractivity contribution in [3.8, 4) is 6.07 Å². The Morgan fingerprint density at radius 3 is 2.83 bits per heavy atom. The number of rotatable bonds is 5. The summed E-state index contributed by atoms with van der Waals surface area (Å²) in [5.41, 5.74) is 5.05. The largest absolute Gasteiger partial charge is 0.371 e. The molecule has 0 N–H and O–H groups in total. The molecule has 1 aliphatic rings. The fraction of sp³-hybridized carbons (Fsp3) is 0.444. The average Bonchev–Trinajstić information content (AvgIpc) is 3.17. The summed E-state index contributed by atoms with van der Waals surface area (Å²) in [4.78, 5) is 10.5. The first kappa shape index (κ1) is 16.0. The van der Waals surface area contributed by atoms with Crippen molar-refractivity contribution in [1.82, 2.24) is 9.88 Å².